The highest BCUT2D eigenvalue weighted by molar-refractivity contribution is 7.11. The van der Waals surface area contributed by atoms with Gasteiger partial charge in [-0.1, -0.05) is 18.1 Å². The van der Waals surface area contributed by atoms with Gasteiger partial charge in [-0.05, 0) is 26.0 Å². The Balaban J connectivity index is 1.58. The third kappa shape index (κ3) is 3.45. The first-order valence-electron chi connectivity index (χ1n) is 9.32. The van der Waals surface area contributed by atoms with Gasteiger partial charge in [0, 0.05) is 13.0 Å². The van der Waals surface area contributed by atoms with E-state index in [1.165, 1.54) is 11.3 Å². The minimum atomic E-state index is -0.267. The zero-order chi connectivity index (χ0) is 19.7. The molecule has 1 atom stereocenters. The van der Waals surface area contributed by atoms with E-state index in [9.17, 15) is 4.79 Å². The highest BCUT2D eigenvalue weighted by Crippen LogP contribution is 2.29. The van der Waals surface area contributed by atoms with Crippen molar-refractivity contribution in [2.75, 3.05) is 19.7 Å². The maximum absolute atomic E-state index is 12.8. The fourth-order valence-electron chi connectivity index (χ4n) is 3.42. The lowest BCUT2D eigenvalue weighted by Crippen LogP contribution is -2.42. The monoisotopic (exact) mass is 398 g/mol. The summed E-state index contributed by atoms with van der Waals surface area (Å²) in [5.41, 5.74) is 5.86. The summed E-state index contributed by atoms with van der Waals surface area (Å²) in [6, 6.07) is 5.85. The SMILES string of the molecule is CCc1onc(C)c1-c1cccc([C@@H]2CN(C(=O)c3scnc3C)CCO2)n1. The van der Waals surface area contributed by atoms with Crippen molar-refractivity contribution in [1.29, 1.82) is 0 Å². The molecule has 4 rings (SSSR count). The number of aryl methyl sites for hydroxylation is 3. The zero-order valence-electron chi connectivity index (χ0n) is 16.1. The normalized spacial score (nSPS) is 17.1. The topological polar surface area (TPSA) is 81.4 Å². The van der Waals surface area contributed by atoms with E-state index in [0.717, 1.165) is 40.5 Å². The molecule has 28 heavy (non-hydrogen) atoms. The third-order valence-electron chi connectivity index (χ3n) is 4.90. The number of carbonyl (C=O) groups excluding carboxylic acids is 1. The van der Waals surface area contributed by atoms with Crippen LogP contribution in [0.15, 0.2) is 28.2 Å². The Kier molecular flexibility index (Phi) is 5.23. The summed E-state index contributed by atoms with van der Waals surface area (Å²) in [7, 11) is 0. The van der Waals surface area contributed by atoms with E-state index < -0.39 is 0 Å². The summed E-state index contributed by atoms with van der Waals surface area (Å²) in [6.45, 7) is 7.32. The van der Waals surface area contributed by atoms with E-state index in [0.29, 0.717) is 24.6 Å². The quantitative estimate of drug-likeness (QED) is 0.668. The van der Waals surface area contributed by atoms with Crippen molar-refractivity contribution in [3.63, 3.8) is 0 Å². The van der Waals surface area contributed by atoms with Crippen LogP contribution in [0, 0.1) is 13.8 Å². The molecule has 0 unspecified atom stereocenters. The van der Waals surface area contributed by atoms with Crippen molar-refractivity contribution in [2.45, 2.75) is 33.3 Å². The molecule has 4 heterocycles. The molecule has 1 saturated heterocycles. The van der Waals surface area contributed by atoms with Crippen LogP contribution in [0.4, 0.5) is 0 Å². The molecule has 1 aliphatic rings. The zero-order valence-corrected chi connectivity index (χ0v) is 17.0. The van der Waals surface area contributed by atoms with E-state index in [-0.39, 0.29) is 12.0 Å². The summed E-state index contributed by atoms with van der Waals surface area (Å²) in [6.07, 6.45) is 0.481. The van der Waals surface area contributed by atoms with Gasteiger partial charge in [0.1, 0.15) is 16.7 Å². The molecule has 0 spiro atoms. The molecule has 1 fully saturated rings. The van der Waals surface area contributed by atoms with Gasteiger partial charge in [-0.15, -0.1) is 11.3 Å². The Morgan fingerprint density at radius 1 is 1.32 bits per heavy atom. The van der Waals surface area contributed by atoms with Gasteiger partial charge in [0.15, 0.2) is 0 Å². The number of hydrogen-bond donors (Lipinski definition) is 0. The lowest BCUT2D eigenvalue weighted by molar-refractivity contribution is -0.0245. The molecule has 7 nitrogen and oxygen atoms in total. The summed E-state index contributed by atoms with van der Waals surface area (Å²) < 4.78 is 11.3. The average Bonchev–Trinajstić information content (AvgIpc) is 3.32. The molecule has 3 aromatic heterocycles. The number of amides is 1. The van der Waals surface area contributed by atoms with E-state index in [1.54, 1.807) is 5.51 Å². The van der Waals surface area contributed by atoms with Crippen molar-refractivity contribution < 1.29 is 14.1 Å². The molecule has 0 bridgehead atoms. The summed E-state index contributed by atoms with van der Waals surface area (Å²) in [5.74, 6) is 0.830. The smallest absolute Gasteiger partial charge is 0.266 e. The minimum Gasteiger partial charge on any atom is -0.368 e. The largest absolute Gasteiger partial charge is 0.368 e. The molecule has 1 amide bonds. The molecule has 146 valence electrons. The predicted octanol–water partition coefficient (Wildman–Crippen LogP) is 3.59. The lowest BCUT2D eigenvalue weighted by atomic mass is 10.1. The molecule has 3 aromatic rings. The van der Waals surface area contributed by atoms with Crippen LogP contribution < -0.4 is 0 Å². The Hall–Kier alpha value is -2.58. The van der Waals surface area contributed by atoms with Gasteiger partial charge in [0.25, 0.3) is 5.91 Å². The first-order chi connectivity index (χ1) is 13.6. The molecule has 8 heteroatoms. The van der Waals surface area contributed by atoms with Crippen LogP contribution in [0.5, 0.6) is 0 Å². The molecule has 0 aliphatic carbocycles. The second-order valence-corrected chi connectivity index (χ2v) is 7.60. The number of hydrogen-bond acceptors (Lipinski definition) is 7. The van der Waals surface area contributed by atoms with Crippen LogP contribution >= 0.6 is 11.3 Å². The van der Waals surface area contributed by atoms with Crippen molar-refractivity contribution in [1.82, 2.24) is 20.0 Å². The minimum absolute atomic E-state index is 0.00704. The average molecular weight is 398 g/mol. The number of ether oxygens (including phenoxy) is 1. The Morgan fingerprint density at radius 2 is 2.18 bits per heavy atom. The van der Waals surface area contributed by atoms with Crippen molar-refractivity contribution >= 4 is 17.2 Å². The van der Waals surface area contributed by atoms with E-state index in [4.69, 9.17) is 14.2 Å². The maximum Gasteiger partial charge on any atom is 0.266 e. The third-order valence-corrected chi connectivity index (χ3v) is 5.82. The summed E-state index contributed by atoms with van der Waals surface area (Å²) in [4.78, 5) is 24.4. The molecule has 0 saturated carbocycles. The summed E-state index contributed by atoms with van der Waals surface area (Å²) in [5, 5.41) is 4.07. The molecule has 0 N–H and O–H groups in total. The molecule has 0 radical (unpaired) electrons. The van der Waals surface area contributed by atoms with Crippen molar-refractivity contribution in [3.05, 3.63) is 51.4 Å². The lowest BCUT2D eigenvalue weighted by Gasteiger charge is -2.32. The number of carbonyl (C=O) groups is 1. The van der Waals surface area contributed by atoms with Gasteiger partial charge in [0.05, 0.1) is 47.0 Å². The van der Waals surface area contributed by atoms with Crippen molar-refractivity contribution in [2.24, 2.45) is 0 Å². The number of thiazole rings is 1. The highest BCUT2D eigenvalue weighted by atomic mass is 32.1. The van der Waals surface area contributed by atoms with Gasteiger partial charge in [0.2, 0.25) is 0 Å². The van der Waals surface area contributed by atoms with Gasteiger partial charge >= 0.3 is 0 Å². The molecule has 1 aliphatic heterocycles. The van der Waals surface area contributed by atoms with Gasteiger partial charge in [-0.2, -0.15) is 0 Å². The van der Waals surface area contributed by atoms with E-state index in [1.807, 2.05) is 43.9 Å². The summed E-state index contributed by atoms with van der Waals surface area (Å²) >= 11 is 1.38. The van der Waals surface area contributed by atoms with Crippen LogP contribution in [-0.2, 0) is 11.2 Å². The molecule has 0 aromatic carbocycles. The first-order valence-corrected chi connectivity index (χ1v) is 10.2. The maximum atomic E-state index is 12.8. The Morgan fingerprint density at radius 3 is 2.93 bits per heavy atom. The number of nitrogens with zero attached hydrogens (tertiary/aromatic N) is 4. The first kappa shape index (κ1) is 18.8. The fourth-order valence-corrected chi connectivity index (χ4v) is 4.19. The van der Waals surface area contributed by atoms with Gasteiger partial charge < -0.3 is 14.2 Å². The number of aromatic nitrogens is 3. The fraction of sp³-hybridized carbons (Fsp3) is 0.400. The standard InChI is InChI=1S/C20H22N4O3S/c1-4-16-18(12(2)23-27-16)15-7-5-6-14(22-15)17-10-24(8-9-26-17)20(25)19-13(3)21-11-28-19/h5-7,11,17H,4,8-10H2,1-3H3/t17-/m0/s1. The Bertz CT molecular complexity index is 997. The van der Waals surface area contributed by atoms with Crippen LogP contribution in [0.3, 0.4) is 0 Å². The van der Waals surface area contributed by atoms with Gasteiger partial charge in [-0.25, -0.2) is 9.97 Å². The van der Waals surface area contributed by atoms with Crippen LogP contribution in [0.2, 0.25) is 0 Å². The van der Waals surface area contributed by atoms with Crippen LogP contribution in [0.1, 0.15) is 45.5 Å². The van der Waals surface area contributed by atoms with Crippen molar-refractivity contribution in [3.8, 4) is 11.3 Å². The number of pyridine rings is 1. The number of morpholine rings is 1. The molecular formula is C20H22N4O3S. The second kappa shape index (κ2) is 7.81. The van der Waals surface area contributed by atoms with Crippen LogP contribution in [0.25, 0.3) is 11.3 Å². The predicted molar refractivity (Wildman–Crippen MR) is 105 cm³/mol. The number of rotatable bonds is 4. The Labute approximate surface area is 167 Å². The van der Waals surface area contributed by atoms with E-state index in [2.05, 4.69) is 10.1 Å². The molecular weight excluding hydrogens is 376 g/mol. The van der Waals surface area contributed by atoms with E-state index >= 15 is 0 Å². The van der Waals surface area contributed by atoms with Crippen LogP contribution in [-0.4, -0.2) is 45.6 Å². The van der Waals surface area contributed by atoms with Gasteiger partial charge in [-0.3, -0.25) is 4.79 Å². The second-order valence-electron chi connectivity index (χ2n) is 6.74. The highest BCUT2D eigenvalue weighted by Gasteiger charge is 2.29.